The van der Waals surface area contributed by atoms with E-state index < -0.39 is 0 Å². The summed E-state index contributed by atoms with van der Waals surface area (Å²) < 4.78 is 0. The summed E-state index contributed by atoms with van der Waals surface area (Å²) in [6, 6.07) is 7.64. The lowest BCUT2D eigenvalue weighted by molar-refractivity contribution is -0.130. The number of halogens is 1. The SMILES string of the molecule is CC(C(=O)NC1CC1)N1CCN(C(=O)/C=C/c2cccc(Cl)c2)CC1. The van der Waals surface area contributed by atoms with Gasteiger partial charge in [0.1, 0.15) is 0 Å². The summed E-state index contributed by atoms with van der Waals surface area (Å²) in [5.41, 5.74) is 0.907. The van der Waals surface area contributed by atoms with Crippen LogP contribution in [-0.2, 0) is 9.59 Å². The van der Waals surface area contributed by atoms with Gasteiger partial charge in [0.15, 0.2) is 0 Å². The number of amides is 2. The fourth-order valence-corrected chi connectivity index (χ4v) is 3.13. The predicted octanol–water partition coefficient (Wildman–Crippen LogP) is 2.16. The second-order valence-electron chi connectivity index (χ2n) is 6.71. The quantitative estimate of drug-likeness (QED) is 0.818. The molecule has 1 aromatic carbocycles. The van der Waals surface area contributed by atoms with Gasteiger partial charge < -0.3 is 10.2 Å². The molecule has 1 aliphatic carbocycles. The van der Waals surface area contributed by atoms with Gasteiger partial charge in [-0.2, -0.15) is 0 Å². The molecular weight excluding hydrogens is 338 g/mol. The van der Waals surface area contributed by atoms with E-state index in [9.17, 15) is 9.59 Å². The number of rotatable bonds is 5. The molecule has 134 valence electrons. The van der Waals surface area contributed by atoms with Gasteiger partial charge in [0.25, 0.3) is 0 Å². The maximum absolute atomic E-state index is 12.3. The van der Waals surface area contributed by atoms with Crippen molar-refractivity contribution in [3.05, 3.63) is 40.9 Å². The first-order valence-electron chi connectivity index (χ1n) is 8.80. The molecule has 0 bridgehead atoms. The van der Waals surface area contributed by atoms with Crippen LogP contribution in [0.1, 0.15) is 25.3 Å². The zero-order valence-corrected chi connectivity index (χ0v) is 15.2. The number of hydrogen-bond acceptors (Lipinski definition) is 3. The summed E-state index contributed by atoms with van der Waals surface area (Å²) >= 11 is 5.95. The fraction of sp³-hybridized carbons (Fsp3) is 0.474. The highest BCUT2D eigenvalue weighted by molar-refractivity contribution is 6.30. The molecule has 2 amide bonds. The van der Waals surface area contributed by atoms with E-state index in [2.05, 4.69) is 10.2 Å². The molecule has 1 unspecified atom stereocenters. The summed E-state index contributed by atoms with van der Waals surface area (Å²) in [7, 11) is 0. The van der Waals surface area contributed by atoms with Gasteiger partial charge in [-0.1, -0.05) is 23.7 Å². The average molecular weight is 362 g/mol. The summed E-state index contributed by atoms with van der Waals surface area (Å²) in [6.45, 7) is 4.65. The van der Waals surface area contributed by atoms with Gasteiger partial charge in [-0.05, 0) is 43.5 Å². The molecule has 0 aromatic heterocycles. The Kier molecular flexibility index (Phi) is 5.76. The van der Waals surface area contributed by atoms with E-state index in [-0.39, 0.29) is 17.9 Å². The Bertz CT molecular complexity index is 664. The Hall–Kier alpha value is -1.85. The standard InChI is InChI=1S/C19H24ClN3O2/c1-14(19(25)21-17-6-7-17)22-9-11-23(12-10-22)18(24)8-5-15-3-2-4-16(20)13-15/h2-5,8,13-14,17H,6-7,9-12H2,1H3,(H,21,25)/b8-5+. The van der Waals surface area contributed by atoms with E-state index >= 15 is 0 Å². The third kappa shape index (κ3) is 5.06. The predicted molar refractivity (Wildman–Crippen MR) is 99.3 cm³/mol. The number of piperazine rings is 1. The highest BCUT2D eigenvalue weighted by Gasteiger charge is 2.30. The minimum absolute atomic E-state index is 0.00490. The molecule has 1 saturated heterocycles. The van der Waals surface area contributed by atoms with Gasteiger partial charge in [0.05, 0.1) is 6.04 Å². The van der Waals surface area contributed by atoms with Gasteiger partial charge in [-0.25, -0.2) is 0 Å². The molecule has 3 rings (SSSR count). The Morgan fingerprint density at radius 1 is 1.24 bits per heavy atom. The third-order valence-electron chi connectivity index (χ3n) is 4.74. The topological polar surface area (TPSA) is 52.7 Å². The van der Waals surface area contributed by atoms with E-state index in [1.54, 1.807) is 18.2 Å². The number of nitrogens with zero attached hydrogens (tertiary/aromatic N) is 2. The van der Waals surface area contributed by atoms with Crippen LogP contribution in [0.15, 0.2) is 30.3 Å². The highest BCUT2D eigenvalue weighted by Crippen LogP contribution is 2.19. The Balaban J connectivity index is 1.47. The number of nitrogens with one attached hydrogen (secondary N) is 1. The van der Waals surface area contributed by atoms with Gasteiger partial charge in [-0.3, -0.25) is 14.5 Å². The first kappa shape index (κ1) is 18.0. The van der Waals surface area contributed by atoms with Crippen molar-refractivity contribution in [1.82, 2.24) is 15.1 Å². The van der Waals surface area contributed by atoms with Crippen molar-refractivity contribution in [3.63, 3.8) is 0 Å². The molecule has 2 fully saturated rings. The molecule has 25 heavy (non-hydrogen) atoms. The second kappa shape index (κ2) is 8.02. The van der Waals surface area contributed by atoms with Crippen molar-refractivity contribution >= 4 is 29.5 Å². The minimum atomic E-state index is -0.139. The molecule has 1 N–H and O–H groups in total. The van der Waals surface area contributed by atoms with Crippen LogP contribution in [0.3, 0.4) is 0 Å². The van der Waals surface area contributed by atoms with E-state index in [4.69, 9.17) is 11.6 Å². The number of benzene rings is 1. The van der Waals surface area contributed by atoms with Crippen LogP contribution in [-0.4, -0.2) is 59.9 Å². The lowest BCUT2D eigenvalue weighted by atomic mass is 10.2. The van der Waals surface area contributed by atoms with Crippen LogP contribution in [0.2, 0.25) is 5.02 Å². The van der Waals surface area contributed by atoms with E-state index in [1.807, 2.05) is 30.0 Å². The third-order valence-corrected chi connectivity index (χ3v) is 4.98. The summed E-state index contributed by atoms with van der Waals surface area (Å²) in [5, 5.41) is 3.70. The van der Waals surface area contributed by atoms with Gasteiger partial charge in [0, 0.05) is 43.3 Å². The fourth-order valence-electron chi connectivity index (χ4n) is 2.93. The first-order chi connectivity index (χ1) is 12.0. The van der Waals surface area contributed by atoms with Crippen LogP contribution >= 0.6 is 11.6 Å². The number of hydrogen-bond donors (Lipinski definition) is 1. The molecule has 0 spiro atoms. The molecule has 5 nitrogen and oxygen atoms in total. The smallest absolute Gasteiger partial charge is 0.246 e. The normalized spacial score (nSPS) is 19.8. The number of carbonyl (C=O) groups is 2. The molecule has 1 heterocycles. The zero-order chi connectivity index (χ0) is 17.8. The van der Waals surface area contributed by atoms with Crippen LogP contribution < -0.4 is 5.32 Å². The van der Waals surface area contributed by atoms with Crippen LogP contribution in [0, 0.1) is 0 Å². The summed E-state index contributed by atoms with van der Waals surface area (Å²) in [4.78, 5) is 28.4. The summed E-state index contributed by atoms with van der Waals surface area (Å²) in [5.74, 6) is 0.0952. The highest BCUT2D eigenvalue weighted by atomic mass is 35.5. The largest absolute Gasteiger partial charge is 0.352 e. The lowest BCUT2D eigenvalue weighted by Crippen LogP contribution is -2.55. The van der Waals surface area contributed by atoms with Gasteiger partial charge >= 0.3 is 0 Å². The molecule has 1 saturated carbocycles. The van der Waals surface area contributed by atoms with Crippen molar-refractivity contribution in [1.29, 1.82) is 0 Å². The van der Waals surface area contributed by atoms with Crippen molar-refractivity contribution in [2.24, 2.45) is 0 Å². The van der Waals surface area contributed by atoms with Crippen molar-refractivity contribution in [2.45, 2.75) is 31.8 Å². The van der Waals surface area contributed by atoms with Crippen molar-refractivity contribution in [3.8, 4) is 0 Å². The van der Waals surface area contributed by atoms with Crippen molar-refractivity contribution < 1.29 is 9.59 Å². The molecule has 1 aromatic rings. The Labute approximate surface area is 153 Å². The van der Waals surface area contributed by atoms with Crippen LogP contribution in [0.25, 0.3) is 6.08 Å². The maximum atomic E-state index is 12.3. The second-order valence-corrected chi connectivity index (χ2v) is 7.14. The molecule has 1 aliphatic heterocycles. The average Bonchev–Trinajstić information content (AvgIpc) is 3.43. The molecule has 1 atom stereocenters. The van der Waals surface area contributed by atoms with Crippen LogP contribution in [0.4, 0.5) is 0 Å². The Morgan fingerprint density at radius 3 is 2.60 bits per heavy atom. The van der Waals surface area contributed by atoms with Crippen molar-refractivity contribution in [2.75, 3.05) is 26.2 Å². The molecular formula is C19H24ClN3O2. The van der Waals surface area contributed by atoms with E-state index in [1.165, 1.54) is 0 Å². The number of carbonyl (C=O) groups excluding carboxylic acids is 2. The minimum Gasteiger partial charge on any atom is -0.352 e. The first-order valence-corrected chi connectivity index (χ1v) is 9.18. The molecule has 0 radical (unpaired) electrons. The lowest BCUT2D eigenvalue weighted by Gasteiger charge is -2.37. The summed E-state index contributed by atoms with van der Waals surface area (Å²) in [6.07, 6.45) is 5.57. The zero-order valence-electron chi connectivity index (χ0n) is 14.5. The van der Waals surface area contributed by atoms with E-state index in [0.717, 1.165) is 31.5 Å². The monoisotopic (exact) mass is 361 g/mol. The van der Waals surface area contributed by atoms with Gasteiger partial charge in [0.2, 0.25) is 11.8 Å². The maximum Gasteiger partial charge on any atom is 0.246 e. The molecule has 2 aliphatic rings. The van der Waals surface area contributed by atoms with Gasteiger partial charge in [-0.15, -0.1) is 0 Å². The van der Waals surface area contributed by atoms with Crippen LogP contribution in [0.5, 0.6) is 0 Å². The molecule has 6 heteroatoms. The Morgan fingerprint density at radius 2 is 1.96 bits per heavy atom. The van der Waals surface area contributed by atoms with E-state index in [0.29, 0.717) is 24.2 Å².